The number of hydrogen-bond donors (Lipinski definition) is 2. The SMILES string of the molecule is COc1cc2c(cc1OC)[C@@H](c1c(O)n(C)c(=S)n(C)c1=O)NCC2. The Labute approximate surface area is 150 Å². The number of aromatic nitrogens is 2. The van der Waals surface area contributed by atoms with Crippen LogP contribution in [0.25, 0.3) is 0 Å². The monoisotopic (exact) mass is 363 g/mol. The van der Waals surface area contributed by atoms with Crippen molar-refractivity contribution in [2.75, 3.05) is 20.8 Å². The van der Waals surface area contributed by atoms with Crippen LogP contribution in [0, 0.1) is 4.77 Å². The van der Waals surface area contributed by atoms with E-state index in [1.54, 1.807) is 28.3 Å². The molecule has 0 unspecified atom stereocenters. The van der Waals surface area contributed by atoms with Crippen molar-refractivity contribution in [1.82, 2.24) is 14.5 Å². The zero-order chi connectivity index (χ0) is 18.3. The number of methoxy groups -OCH3 is 2. The molecule has 1 atom stereocenters. The molecular formula is C17H21N3O4S. The van der Waals surface area contributed by atoms with E-state index in [9.17, 15) is 9.90 Å². The summed E-state index contributed by atoms with van der Waals surface area (Å²) in [5, 5.41) is 13.9. The smallest absolute Gasteiger partial charge is 0.263 e. The molecule has 0 radical (unpaired) electrons. The second-order valence-electron chi connectivity index (χ2n) is 5.99. The molecule has 134 valence electrons. The predicted molar refractivity (Wildman–Crippen MR) is 96.2 cm³/mol. The maximum atomic E-state index is 12.8. The Balaban J connectivity index is 2.27. The first-order valence-corrected chi connectivity index (χ1v) is 8.28. The molecule has 7 nitrogen and oxygen atoms in total. The Morgan fingerprint density at radius 3 is 2.48 bits per heavy atom. The largest absolute Gasteiger partial charge is 0.494 e. The summed E-state index contributed by atoms with van der Waals surface area (Å²) >= 11 is 5.19. The van der Waals surface area contributed by atoms with Gasteiger partial charge in [0.05, 0.1) is 25.8 Å². The van der Waals surface area contributed by atoms with Gasteiger partial charge in [-0.2, -0.15) is 0 Å². The Bertz CT molecular complexity index is 948. The van der Waals surface area contributed by atoms with Crippen LogP contribution in [-0.4, -0.2) is 35.0 Å². The number of fused-ring (bicyclic) bond motifs is 1. The molecule has 0 fully saturated rings. The third kappa shape index (κ3) is 2.71. The van der Waals surface area contributed by atoms with Crippen LogP contribution in [0.15, 0.2) is 16.9 Å². The van der Waals surface area contributed by atoms with Crippen molar-refractivity contribution in [1.29, 1.82) is 0 Å². The van der Waals surface area contributed by atoms with E-state index in [2.05, 4.69) is 5.32 Å². The molecular weight excluding hydrogens is 342 g/mol. The first-order chi connectivity index (χ1) is 11.9. The van der Waals surface area contributed by atoms with Crippen molar-refractivity contribution in [2.24, 2.45) is 14.1 Å². The minimum Gasteiger partial charge on any atom is -0.494 e. The van der Waals surface area contributed by atoms with Gasteiger partial charge in [0.15, 0.2) is 16.3 Å². The van der Waals surface area contributed by atoms with E-state index < -0.39 is 6.04 Å². The third-order valence-electron chi connectivity index (χ3n) is 4.66. The zero-order valence-corrected chi connectivity index (χ0v) is 15.4. The van der Waals surface area contributed by atoms with Crippen molar-refractivity contribution in [3.05, 3.63) is 43.9 Å². The molecule has 0 saturated heterocycles. The lowest BCUT2D eigenvalue weighted by molar-refractivity contribution is 0.352. The van der Waals surface area contributed by atoms with Gasteiger partial charge in [0, 0.05) is 20.6 Å². The molecule has 0 amide bonds. The van der Waals surface area contributed by atoms with Gasteiger partial charge in [-0.15, -0.1) is 0 Å². The van der Waals surface area contributed by atoms with E-state index in [0.29, 0.717) is 18.0 Å². The Morgan fingerprint density at radius 1 is 1.20 bits per heavy atom. The van der Waals surface area contributed by atoms with Gasteiger partial charge in [-0.05, 0) is 41.9 Å². The molecule has 0 spiro atoms. The summed E-state index contributed by atoms with van der Waals surface area (Å²) in [4.78, 5) is 12.8. The molecule has 1 aliphatic heterocycles. The van der Waals surface area contributed by atoms with Crippen molar-refractivity contribution < 1.29 is 14.6 Å². The predicted octanol–water partition coefficient (Wildman–Crippen LogP) is 1.41. The number of nitrogens with zero attached hydrogens (tertiary/aromatic N) is 2. The summed E-state index contributed by atoms with van der Waals surface area (Å²) in [5.74, 6) is 1.09. The van der Waals surface area contributed by atoms with Gasteiger partial charge in [-0.1, -0.05) is 0 Å². The van der Waals surface area contributed by atoms with Gasteiger partial charge in [-0.3, -0.25) is 13.9 Å². The van der Waals surface area contributed by atoms with E-state index >= 15 is 0 Å². The maximum Gasteiger partial charge on any atom is 0.263 e. The highest BCUT2D eigenvalue weighted by Gasteiger charge is 2.29. The van der Waals surface area contributed by atoms with E-state index in [1.165, 1.54) is 9.13 Å². The second kappa shape index (κ2) is 6.53. The van der Waals surface area contributed by atoms with E-state index in [1.807, 2.05) is 12.1 Å². The number of aromatic hydroxyl groups is 1. The molecule has 2 N–H and O–H groups in total. The average Bonchev–Trinajstić information content (AvgIpc) is 2.63. The molecule has 2 aromatic rings. The lowest BCUT2D eigenvalue weighted by atomic mass is 9.90. The molecule has 25 heavy (non-hydrogen) atoms. The normalized spacial score (nSPS) is 16.4. The molecule has 0 bridgehead atoms. The minimum atomic E-state index is -0.455. The molecule has 8 heteroatoms. The van der Waals surface area contributed by atoms with Gasteiger partial charge < -0.3 is 19.9 Å². The summed E-state index contributed by atoms with van der Waals surface area (Å²) in [6.07, 6.45) is 0.790. The number of nitrogens with one attached hydrogen (secondary N) is 1. The second-order valence-corrected chi connectivity index (χ2v) is 6.35. The van der Waals surface area contributed by atoms with Crippen LogP contribution in [0.3, 0.4) is 0 Å². The van der Waals surface area contributed by atoms with Gasteiger partial charge in [0.25, 0.3) is 5.56 Å². The topological polar surface area (TPSA) is 77.7 Å². The number of benzene rings is 1. The zero-order valence-electron chi connectivity index (χ0n) is 14.6. The van der Waals surface area contributed by atoms with Crippen molar-refractivity contribution in [3.8, 4) is 17.4 Å². The summed E-state index contributed by atoms with van der Waals surface area (Å²) < 4.78 is 13.8. The van der Waals surface area contributed by atoms with Crippen LogP contribution in [0.4, 0.5) is 0 Å². The Hall–Kier alpha value is -2.32. The number of rotatable bonds is 3. The highest BCUT2D eigenvalue weighted by molar-refractivity contribution is 7.71. The van der Waals surface area contributed by atoms with Crippen LogP contribution < -0.4 is 20.3 Å². The van der Waals surface area contributed by atoms with Gasteiger partial charge in [-0.25, -0.2) is 0 Å². The van der Waals surface area contributed by atoms with Crippen molar-refractivity contribution >= 4 is 12.2 Å². The highest BCUT2D eigenvalue weighted by atomic mass is 32.1. The minimum absolute atomic E-state index is 0.131. The van der Waals surface area contributed by atoms with Gasteiger partial charge in [0.2, 0.25) is 5.88 Å². The molecule has 3 rings (SSSR count). The van der Waals surface area contributed by atoms with E-state index in [-0.39, 0.29) is 21.8 Å². The van der Waals surface area contributed by atoms with Crippen molar-refractivity contribution in [2.45, 2.75) is 12.5 Å². The van der Waals surface area contributed by atoms with E-state index in [0.717, 1.165) is 17.5 Å². The van der Waals surface area contributed by atoms with Gasteiger partial charge in [0.1, 0.15) is 0 Å². The third-order valence-corrected chi connectivity index (χ3v) is 5.20. The average molecular weight is 363 g/mol. The number of ether oxygens (including phenoxy) is 2. The van der Waals surface area contributed by atoms with Crippen LogP contribution in [0.5, 0.6) is 17.4 Å². The molecule has 1 aliphatic rings. The summed E-state index contributed by atoms with van der Waals surface area (Å²) in [7, 11) is 6.40. The lowest BCUT2D eigenvalue weighted by Gasteiger charge is -2.29. The first kappa shape index (κ1) is 17.5. The quantitative estimate of drug-likeness (QED) is 0.803. The fraction of sp³-hybridized carbons (Fsp3) is 0.412. The molecule has 0 aliphatic carbocycles. The molecule has 1 aromatic carbocycles. The standard InChI is InChI=1S/C17H21N3O4S/c1-19-15(21)13(16(22)20(2)17(19)25)14-10-8-12(24-4)11(23-3)7-9(10)5-6-18-14/h7-8,14,18,21H,5-6H2,1-4H3/t14-/m0/s1. The molecule has 0 saturated carbocycles. The number of hydrogen-bond acceptors (Lipinski definition) is 6. The summed E-state index contributed by atoms with van der Waals surface area (Å²) in [6.45, 7) is 0.676. The van der Waals surface area contributed by atoms with E-state index in [4.69, 9.17) is 21.7 Å². The molecule has 1 aromatic heterocycles. The summed E-state index contributed by atoms with van der Waals surface area (Å²) in [5.41, 5.74) is 1.88. The van der Waals surface area contributed by atoms with Crippen LogP contribution >= 0.6 is 12.2 Å². The Morgan fingerprint density at radius 2 is 1.84 bits per heavy atom. The van der Waals surface area contributed by atoms with Crippen molar-refractivity contribution in [3.63, 3.8) is 0 Å². The summed E-state index contributed by atoms with van der Waals surface area (Å²) in [6, 6.07) is 3.32. The van der Waals surface area contributed by atoms with Gasteiger partial charge >= 0.3 is 0 Å². The lowest BCUT2D eigenvalue weighted by Crippen LogP contribution is -2.37. The molecule has 2 heterocycles. The highest BCUT2D eigenvalue weighted by Crippen LogP contribution is 2.38. The fourth-order valence-electron chi connectivity index (χ4n) is 3.25. The maximum absolute atomic E-state index is 12.8. The van der Waals surface area contributed by atoms with Crippen LogP contribution in [0.1, 0.15) is 22.7 Å². The first-order valence-electron chi connectivity index (χ1n) is 7.87. The van der Waals surface area contributed by atoms with Crippen LogP contribution in [0.2, 0.25) is 0 Å². The Kier molecular flexibility index (Phi) is 4.57. The fourth-order valence-corrected chi connectivity index (χ4v) is 3.42. The van der Waals surface area contributed by atoms with Crippen LogP contribution in [-0.2, 0) is 20.5 Å².